The summed E-state index contributed by atoms with van der Waals surface area (Å²) in [6.07, 6.45) is 3.62. The van der Waals surface area contributed by atoms with E-state index in [4.69, 9.17) is 0 Å². The molecule has 1 aromatic heterocycles. The first-order chi connectivity index (χ1) is 10.6. The molecule has 22 heavy (non-hydrogen) atoms. The van der Waals surface area contributed by atoms with Crippen molar-refractivity contribution in [3.63, 3.8) is 0 Å². The minimum atomic E-state index is -0.374. The summed E-state index contributed by atoms with van der Waals surface area (Å²) >= 11 is 0. The highest BCUT2D eigenvalue weighted by molar-refractivity contribution is 6.03. The molecule has 3 N–H and O–H groups in total. The summed E-state index contributed by atoms with van der Waals surface area (Å²) < 4.78 is 1.76. The molecule has 0 bridgehead atoms. The summed E-state index contributed by atoms with van der Waals surface area (Å²) in [6, 6.07) is 5.32. The Bertz CT molecular complexity index is 676. The molecule has 0 unspecified atom stereocenters. The largest absolute Gasteiger partial charge is 0.506 e. The van der Waals surface area contributed by atoms with Gasteiger partial charge in [-0.2, -0.15) is 0 Å². The van der Waals surface area contributed by atoms with Crippen LogP contribution in [-0.4, -0.2) is 39.1 Å². The van der Waals surface area contributed by atoms with E-state index in [9.17, 15) is 9.90 Å². The zero-order valence-corrected chi connectivity index (χ0v) is 12.4. The Morgan fingerprint density at radius 2 is 2.18 bits per heavy atom. The Hall–Kier alpha value is -2.41. The fourth-order valence-electron chi connectivity index (χ4n) is 2.57. The molecule has 1 aliphatic heterocycles. The second kappa shape index (κ2) is 6.15. The molecule has 2 aromatic rings. The molecule has 116 valence electrons. The number of carbonyl (C=O) groups is 1. The molecule has 1 amide bonds. The molecule has 1 fully saturated rings. The summed E-state index contributed by atoms with van der Waals surface area (Å²) in [4.78, 5) is 12.2. The molecule has 0 spiro atoms. The van der Waals surface area contributed by atoms with Gasteiger partial charge in [0, 0.05) is 0 Å². The quantitative estimate of drug-likeness (QED) is 0.747. The number of phenols is 1. The lowest BCUT2D eigenvalue weighted by molar-refractivity contribution is 0.102. The van der Waals surface area contributed by atoms with Gasteiger partial charge in [0.1, 0.15) is 5.75 Å². The smallest absolute Gasteiger partial charge is 0.277 e. The van der Waals surface area contributed by atoms with E-state index in [1.807, 2.05) is 6.92 Å². The maximum absolute atomic E-state index is 12.2. The second-order valence-corrected chi connectivity index (χ2v) is 5.54. The van der Waals surface area contributed by atoms with Gasteiger partial charge in [0.05, 0.1) is 17.9 Å². The van der Waals surface area contributed by atoms with Gasteiger partial charge < -0.3 is 15.7 Å². The number of piperidine rings is 1. The molecule has 0 aliphatic carbocycles. The molecule has 0 saturated carbocycles. The molecule has 0 radical (unpaired) electrons. The van der Waals surface area contributed by atoms with Crippen LogP contribution in [0.5, 0.6) is 5.75 Å². The van der Waals surface area contributed by atoms with Gasteiger partial charge in [0.2, 0.25) is 0 Å². The van der Waals surface area contributed by atoms with Crippen molar-refractivity contribution in [1.29, 1.82) is 0 Å². The third-order valence-electron chi connectivity index (χ3n) is 3.83. The van der Waals surface area contributed by atoms with Crippen molar-refractivity contribution in [3.05, 3.63) is 35.7 Å². The number of nitrogens with one attached hydrogen (secondary N) is 2. The average Bonchev–Trinajstić information content (AvgIpc) is 3.02. The molecule has 1 aromatic carbocycles. The minimum absolute atomic E-state index is 0.0321. The zero-order valence-electron chi connectivity index (χ0n) is 12.4. The van der Waals surface area contributed by atoms with Crippen molar-refractivity contribution in [2.45, 2.75) is 25.8 Å². The zero-order chi connectivity index (χ0) is 15.5. The van der Waals surface area contributed by atoms with Crippen LogP contribution in [0.4, 0.5) is 5.69 Å². The number of phenolic OH excluding ortho intramolecular Hbond substituents is 1. The van der Waals surface area contributed by atoms with Crippen LogP contribution in [0.15, 0.2) is 24.4 Å². The molecule has 7 nitrogen and oxygen atoms in total. The van der Waals surface area contributed by atoms with Gasteiger partial charge in [-0.3, -0.25) is 4.79 Å². The van der Waals surface area contributed by atoms with Crippen molar-refractivity contribution in [2.24, 2.45) is 0 Å². The summed E-state index contributed by atoms with van der Waals surface area (Å²) in [5.41, 5.74) is 1.58. The first-order valence-corrected chi connectivity index (χ1v) is 7.37. The number of rotatable bonds is 3. The van der Waals surface area contributed by atoms with Crippen LogP contribution in [0, 0.1) is 6.92 Å². The number of aromatic hydroxyl groups is 1. The number of hydrogen-bond acceptors (Lipinski definition) is 5. The fraction of sp³-hybridized carbons (Fsp3) is 0.400. The van der Waals surface area contributed by atoms with E-state index in [2.05, 4.69) is 20.9 Å². The van der Waals surface area contributed by atoms with E-state index < -0.39 is 0 Å². The van der Waals surface area contributed by atoms with Crippen LogP contribution in [0.3, 0.4) is 0 Å². The van der Waals surface area contributed by atoms with Gasteiger partial charge in [-0.1, -0.05) is 11.3 Å². The standard InChI is InChI=1S/C15H19N5O2/c1-10-2-3-14(21)12(8-10)17-15(22)13-9-20(19-18-13)11-4-6-16-7-5-11/h2-3,8-9,11,16,21H,4-7H2,1H3,(H,17,22). The van der Waals surface area contributed by atoms with Crippen LogP contribution < -0.4 is 10.6 Å². The summed E-state index contributed by atoms with van der Waals surface area (Å²) in [5.74, 6) is -0.342. The predicted octanol–water partition coefficient (Wildman–Crippen LogP) is 1.47. The molecule has 3 rings (SSSR count). The lowest BCUT2D eigenvalue weighted by Crippen LogP contribution is -2.29. The van der Waals surface area contributed by atoms with E-state index in [0.717, 1.165) is 31.5 Å². The Morgan fingerprint density at radius 3 is 2.95 bits per heavy atom. The van der Waals surface area contributed by atoms with Crippen molar-refractivity contribution in [2.75, 3.05) is 18.4 Å². The van der Waals surface area contributed by atoms with Crippen molar-refractivity contribution < 1.29 is 9.90 Å². The molecule has 0 atom stereocenters. The van der Waals surface area contributed by atoms with E-state index in [1.54, 1.807) is 29.1 Å². The van der Waals surface area contributed by atoms with Crippen LogP contribution >= 0.6 is 0 Å². The summed E-state index contributed by atoms with van der Waals surface area (Å²) in [6.45, 7) is 3.79. The topological polar surface area (TPSA) is 92.1 Å². The lowest BCUT2D eigenvalue weighted by Gasteiger charge is -2.22. The van der Waals surface area contributed by atoms with Crippen molar-refractivity contribution >= 4 is 11.6 Å². The number of amides is 1. The highest BCUT2D eigenvalue weighted by Gasteiger charge is 2.19. The van der Waals surface area contributed by atoms with Crippen LogP contribution in [-0.2, 0) is 0 Å². The molecule has 1 saturated heterocycles. The first-order valence-electron chi connectivity index (χ1n) is 7.37. The van der Waals surface area contributed by atoms with Gasteiger partial charge in [-0.25, -0.2) is 4.68 Å². The predicted molar refractivity (Wildman–Crippen MR) is 82.0 cm³/mol. The number of carbonyl (C=O) groups excluding carboxylic acids is 1. The van der Waals surface area contributed by atoms with Gasteiger partial charge in [0.25, 0.3) is 5.91 Å². The highest BCUT2D eigenvalue weighted by atomic mass is 16.3. The summed E-state index contributed by atoms with van der Waals surface area (Å²) in [5, 5.41) is 23.7. The fourth-order valence-corrected chi connectivity index (χ4v) is 2.57. The number of hydrogen-bond donors (Lipinski definition) is 3. The number of benzene rings is 1. The lowest BCUT2D eigenvalue weighted by atomic mass is 10.1. The van der Waals surface area contributed by atoms with Gasteiger partial charge in [-0.05, 0) is 50.6 Å². The van der Waals surface area contributed by atoms with E-state index in [0.29, 0.717) is 5.69 Å². The van der Waals surface area contributed by atoms with E-state index in [1.165, 1.54) is 0 Å². The number of nitrogens with zero attached hydrogens (tertiary/aromatic N) is 3. The Labute approximate surface area is 128 Å². The molecular weight excluding hydrogens is 282 g/mol. The third kappa shape index (κ3) is 3.09. The Morgan fingerprint density at radius 1 is 1.41 bits per heavy atom. The third-order valence-corrected chi connectivity index (χ3v) is 3.83. The van der Waals surface area contributed by atoms with Gasteiger partial charge in [-0.15, -0.1) is 5.10 Å². The molecule has 1 aliphatic rings. The summed E-state index contributed by atoms with van der Waals surface area (Å²) in [7, 11) is 0. The van der Waals surface area contributed by atoms with Crippen LogP contribution in [0.25, 0.3) is 0 Å². The minimum Gasteiger partial charge on any atom is -0.506 e. The number of anilines is 1. The van der Waals surface area contributed by atoms with Crippen molar-refractivity contribution in [1.82, 2.24) is 20.3 Å². The first kappa shape index (κ1) is 14.5. The van der Waals surface area contributed by atoms with E-state index >= 15 is 0 Å². The Balaban J connectivity index is 1.72. The van der Waals surface area contributed by atoms with Crippen LogP contribution in [0.2, 0.25) is 0 Å². The normalized spacial score (nSPS) is 15.7. The average molecular weight is 301 g/mol. The second-order valence-electron chi connectivity index (χ2n) is 5.54. The van der Waals surface area contributed by atoms with Crippen molar-refractivity contribution in [3.8, 4) is 5.75 Å². The molecule has 7 heteroatoms. The van der Waals surface area contributed by atoms with Crippen LogP contribution in [0.1, 0.15) is 34.9 Å². The van der Waals surface area contributed by atoms with Gasteiger partial charge in [0.15, 0.2) is 5.69 Å². The molecule has 2 heterocycles. The SMILES string of the molecule is Cc1ccc(O)c(NC(=O)c2cn(C3CCNCC3)nn2)c1. The monoisotopic (exact) mass is 301 g/mol. The Kier molecular flexibility index (Phi) is 4.06. The van der Waals surface area contributed by atoms with E-state index in [-0.39, 0.29) is 23.4 Å². The maximum Gasteiger partial charge on any atom is 0.277 e. The molecular formula is C15H19N5O2. The highest BCUT2D eigenvalue weighted by Crippen LogP contribution is 2.24. The number of aromatic nitrogens is 3. The van der Waals surface area contributed by atoms with Gasteiger partial charge >= 0.3 is 0 Å². The maximum atomic E-state index is 12.2. The number of aryl methyl sites for hydroxylation is 1.